The van der Waals surface area contributed by atoms with Gasteiger partial charge in [0.1, 0.15) is 0 Å². The SMILES string of the molecule is CCC(N)c1noc(CCOC)n1. The highest BCUT2D eigenvalue weighted by Crippen LogP contribution is 2.09. The van der Waals surface area contributed by atoms with Crippen molar-refractivity contribution in [3.8, 4) is 0 Å². The van der Waals surface area contributed by atoms with Gasteiger partial charge in [-0.3, -0.25) is 0 Å². The molecule has 2 N–H and O–H groups in total. The molecule has 1 aromatic heterocycles. The van der Waals surface area contributed by atoms with Crippen LogP contribution in [0.15, 0.2) is 4.52 Å². The van der Waals surface area contributed by atoms with Gasteiger partial charge in [-0.1, -0.05) is 12.1 Å². The Morgan fingerprint density at radius 1 is 1.62 bits per heavy atom. The van der Waals surface area contributed by atoms with Crippen molar-refractivity contribution in [3.63, 3.8) is 0 Å². The van der Waals surface area contributed by atoms with Gasteiger partial charge in [-0.25, -0.2) is 0 Å². The van der Waals surface area contributed by atoms with Crippen molar-refractivity contribution in [1.82, 2.24) is 10.1 Å². The second-order valence-corrected chi connectivity index (χ2v) is 2.80. The van der Waals surface area contributed by atoms with Gasteiger partial charge in [-0.05, 0) is 6.42 Å². The first kappa shape index (κ1) is 10.1. The summed E-state index contributed by atoms with van der Waals surface area (Å²) in [6, 6.07) is -0.125. The topological polar surface area (TPSA) is 74.2 Å². The van der Waals surface area contributed by atoms with Gasteiger partial charge in [-0.15, -0.1) is 0 Å². The van der Waals surface area contributed by atoms with Crippen molar-refractivity contribution in [2.45, 2.75) is 25.8 Å². The maximum Gasteiger partial charge on any atom is 0.229 e. The molecular weight excluding hydrogens is 170 g/mol. The minimum Gasteiger partial charge on any atom is -0.384 e. The third kappa shape index (κ3) is 2.78. The molecule has 0 aliphatic carbocycles. The first-order chi connectivity index (χ1) is 6.27. The van der Waals surface area contributed by atoms with Gasteiger partial charge < -0.3 is 15.0 Å². The van der Waals surface area contributed by atoms with Crippen LogP contribution in [-0.2, 0) is 11.2 Å². The van der Waals surface area contributed by atoms with Crippen LogP contribution >= 0.6 is 0 Å². The average molecular weight is 185 g/mol. The number of rotatable bonds is 5. The van der Waals surface area contributed by atoms with E-state index >= 15 is 0 Å². The Kier molecular flexibility index (Phi) is 3.85. The predicted octanol–water partition coefficient (Wildman–Crippen LogP) is 0.668. The minimum absolute atomic E-state index is 0.125. The minimum atomic E-state index is -0.125. The zero-order chi connectivity index (χ0) is 9.68. The molecular formula is C8H15N3O2. The number of nitrogens with two attached hydrogens (primary N) is 1. The molecule has 0 fully saturated rings. The molecule has 5 nitrogen and oxygen atoms in total. The Morgan fingerprint density at radius 2 is 2.38 bits per heavy atom. The fraction of sp³-hybridized carbons (Fsp3) is 0.750. The smallest absolute Gasteiger partial charge is 0.229 e. The Labute approximate surface area is 77.3 Å². The van der Waals surface area contributed by atoms with Crippen molar-refractivity contribution in [3.05, 3.63) is 11.7 Å². The molecule has 74 valence electrons. The molecule has 13 heavy (non-hydrogen) atoms. The second kappa shape index (κ2) is 4.94. The predicted molar refractivity (Wildman–Crippen MR) is 47.1 cm³/mol. The van der Waals surface area contributed by atoms with E-state index in [4.69, 9.17) is 15.0 Å². The fourth-order valence-electron chi connectivity index (χ4n) is 0.892. The second-order valence-electron chi connectivity index (χ2n) is 2.80. The average Bonchev–Trinajstić information content (AvgIpc) is 2.62. The Balaban J connectivity index is 2.53. The maximum atomic E-state index is 5.72. The van der Waals surface area contributed by atoms with E-state index < -0.39 is 0 Å². The summed E-state index contributed by atoms with van der Waals surface area (Å²) in [5.74, 6) is 1.16. The summed E-state index contributed by atoms with van der Waals surface area (Å²) in [6.45, 7) is 2.57. The van der Waals surface area contributed by atoms with Crippen LogP contribution in [-0.4, -0.2) is 23.9 Å². The fourth-order valence-corrected chi connectivity index (χ4v) is 0.892. The monoisotopic (exact) mass is 185 g/mol. The number of hydrogen-bond acceptors (Lipinski definition) is 5. The van der Waals surface area contributed by atoms with Crippen LogP contribution in [0.5, 0.6) is 0 Å². The van der Waals surface area contributed by atoms with Crippen LogP contribution in [0, 0.1) is 0 Å². The van der Waals surface area contributed by atoms with Crippen molar-refractivity contribution in [2.75, 3.05) is 13.7 Å². The van der Waals surface area contributed by atoms with Crippen LogP contribution in [0.3, 0.4) is 0 Å². The van der Waals surface area contributed by atoms with Gasteiger partial charge in [0, 0.05) is 7.11 Å². The van der Waals surface area contributed by atoms with Crippen molar-refractivity contribution >= 4 is 0 Å². The zero-order valence-corrected chi connectivity index (χ0v) is 7.99. The summed E-state index contributed by atoms with van der Waals surface area (Å²) >= 11 is 0. The van der Waals surface area contributed by atoms with Gasteiger partial charge in [0.2, 0.25) is 5.89 Å². The largest absolute Gasteiger partial charge is 0.384 e. The summed E-state index contributed by atoms with van der Waals surface area (Å²) < 4.78 is 9.85. The number of aromatic nitrogens is 2. The molecule has 0 amide bonds. The van der Waals surface area contributed by atoms with Crippen LogP contribution in [0.1, 0.15) is 31.1 Å². The molecule has 1 heterocycles. The molecule has 1 atom stereocenters. The molecule has 0 saturated carbocycles. The molecule has 0 radical (unpaired) electrons. The molecule has 1 aromatic rings. The van der Waals surface area contributed by atoms with E-state index in [2.05, 4.69) is 10.1 Å². The number of ether oxygens (including phenoxy) is 1. The first-order valence-corrected chi connectivity index (χ1v) is 4.35. The van der Waals surface area contributed by atoms with Gasteiger partial charge in [0.05, 0.1) is 19.1 Å². The highest BCUT2D eigenvalue weighted by Gasteiger charge is 2.11. The number of methoxy groups -OCH3 is 1. The molecule has 5 heteroatoms. The quantitative estimate of drug-likeness (QED) is 0.729. The van der Waals surface area contributed by atoms with E-state index in [1.165, 1.54) is 0 Å². The van der Waals surface area contributed by atoms with Gasteiger partial charge in [0.15, 0.2) is 5.82 Å². The molecule has 0 aromatic carbocycles. The van der Waals surface area contributed by atoms with Crippen LogP contribution in [0.25, 0.3) is 0 Å². The normalized spacial score (nSPS) is 13.2. The van der Waals surface area contributed by atoms with Crippen molar-refractivity contribution in [2.24, 2.45) is 5.73 Å². The lowest BCUT2D eigenvalue weighted by molar-refractivity contribution is 0.192. The summed E-state index contributed by atoms with van der Waals surface area (Å²) in [6.07, 6.45) is 1.45. The number of nitrogens with zero attached hydrogens (tertiary/aromatic N) is 2. The molecule has 1 rings (SSSR count). The Bertz CT molecular complexity index is 249. The molecule has 0 saturated heterocycles. The summed E-state index contributed by atoms with van der Waals surface area (Å²) in [4.78, 5) is 4.14. The molecule has 0 aliphatic heterocycles. The van der Waals surface area contributed by atoms with E-state index in [-0.39, 0.29) is 6.04 Å². The van der Waals surface area contributed by atoms with E-state index in [1.807, 2.05) is 6.92 Å². The lowest BCUT2D eigenvalue weighted by atomic mass is 10.2. The van der Waals surface area contributed by atoms with E-state index in [0.29, 0.717) is 24.7 Å². The molecule has 0 spiro atoms. The van der Waals surface area contributed by atoms with Gasteiger partial charge >= 0.3 is 0 Å². The molecule has 0 bridgehead atoms. The Morgan fingerprint density at radius 3 is 3.00 bits per heavy atom. The summed E-state index contributed by atoms with van der Waals surface area (Å²) in [7, 11) is 1.63. The molecule has 0 aliphatic rings. The summed E-state index contributed by atoms with van der Waals surface area (Å²) in [5, 5.41) is 3.77. The highest BCUT2D eigenvalue weighted by atomic mass is 16.5. The lowest BCUT2D eigenvalue weighted by Gasteiger charge is -1.99. The maximum absolute atomic E-state index is 5.72. The van der Waals surface area contributed by atoms with E-state index in [1.54, 1.807) is 7.11 Å². The van der Waals surface area contributed by atoms with Crippen LogP contribution < -0.4 is 5.73 Å². The third-order valence-corrected chi connectivity index (χ3v) is 1.78. The zero-order valence-electron chi connectivity index (χ0n) is 7.99. The standard InChI is InChI=1S/C8H15N3O2/c1-3-6(9)8-10-7(13-11-8)4-5-12-2/h6H,3-5,9H2,1-2H3. The highest BCUT2D eigenvalue weighted by molar-refractivity contribution is 4.92. The molecule has 1 unspecified atom stereocenters. The number of hydrogen-bond donors (Lipinski definition) is 1. The van der Waals surface area contributed by atoms with E-state index in [0.717, 1.165) is 6.42 Å². The van der Waals surface area contributed by atoms with Crippen molar-refractivity contribution < 1.29 is 9.26 Å². The Hall–Kier alpha value is -0.940. The summed E-state index contributed by atoms with van der Waals surface area (Å²) in [5.41, 5.74) is 5.72. The van der Waals surface area contributed by atoms with E-state index in [9.17, 15) is 0 Å². The van der Waals surface area contributed by atoms with Crippen LogP contribution in [0.4, 0.5) is 0 Å². The first-order valence-electron chi connectivity index (χ1n) is 4.35. The van der Waals surface area contributed by atoms with Gasteiger partial charge in [0.25, 0.3) is 0 Å². The van der Waals surface area contributed by atoms with Gasteiger partial charge in [-0.2, -0.15) is 4.98 Å². The van der Waals surface area contributed by atoms with Crippen molar-refractivity contribution in [1.29, 1.82) is 0 Å². The third-order valence-electron chi connectivity index (χ3n) is 1.78. The lowest BCUT2D eigenvalue weighted by Crippen LogP contribution is -2.10. The van der Waals surface area contributed by atoms with Crippen LogP contribution in [0.2, 0.25) is 0 Å².